The lowest BCUT2D eigenvalue weighted by molar-refractivity contribution is 0.0927. The Bertz CT molecular complexity index is 1110. The molecular weight excluding hydrogens is 460 g/mol. The van der Waals surface area contributed by atoms with Crippen LogP contribution in [0.25, 0.3) is 0 Å². The standard InChI is InChI=1S/C28H33ClN4O2/c1-31(2)23-12-9-21(10-13-23)26(20-30-28(34)25-19-22(29)11-14-27(25)35-3)33-17-15-32(16-18-33)24-7-5-4-6-8-24/h4-14,19,26H,15-18,20H2,1-3H3,(H,30,34)/t26-/m0/s1. The lowest BCUT2D eigenvalue weighted by Crippen LogP contribution is -2.50. The van der Waals surface area contributed by atoms with Crippen molar-refractivity contribution in [2.75, 3.05) is 63.7 Å². The molecule has 3 aromatic carbocycles. The van der Waals surface area contributed by atoms with Crippen LogP contribution in [-0.4, -0.2) is 64.7 Å². The number of nitrogens with one attached hydrogen (secondary N) is 1. The first-order chi connectivity index (χ1) is 17.0. The highest BCUT2D eigenvalue weighted by Gasteiger charge is 2.26. The second-order valence-electron chi connectivity index (χ2n) is 8.91. The Morgan fingerprint density at radius 1 is 1.00 bits per heavy atom. The fraction of sp³-hybridized carbons (Fsp3) is 0.321. The number of para-hydroxylation sites is 1. The first-order valence-electron chi connectivity index (χ1n) is 11.9. The van der Waals surface area contributed by atoms with Crippen molar-refractivity contribution >= 4 is 28.9 Å². The number of anilines is 2. The number of hydrogen-bond acceptors (Lipinski definition) is 5. The van der Waals surface area contributed by atoms with Gasteiger partial charge in [-0.2, -0.15) is 0 Å². The van der Waals surface area contributed by atoms with E-state index >= 15 is 0 Å². The zero-order valence-corrected chi connectivity index (χ0v) is 21.3. The van der Waals surface area contributed by atoms with Crippen molar-refractivity contribution in [2.24, 2.45) is 0 Å². The van der Waals surface area contributed by atoms with E-state index in [-0.39, 0.29) is 11.9 Å². The molecule has 0 unspecified atom stereocenters. The van der Waals surface area contributed by atoms with Gasteiger partial charge in [0.1, 0.15) is 5.75 Å². The van der Waals surface area contributed by atoms with E-state index in [9.17, 15) is 4.79 Å². The van der Waals surface area contributed by atoms with Gasteiger partial charge < -0.3 is 19.9 Å². The van der Waals surface area contributed by atoms with E-state index in [1.165, 1.54) is 11.3 Å². The number of halogens is 1. The molecule has 184 valence electrons. The fourth-order valence-corrected chi connectivity index (χ4v) is 4.70. The minimum absolute atomic E-state index is 0.0539. The highest BCUT2D eigenvalue weighted by Crippen LogP contribution is 2.27. The van der Waals surface area contributed by atoms with Gasteiger partial charge in [-0.3, -0.25) is 9.69 Å². The Morgan fingerprint density at radius 3 is 2.31 bits per heavy atom. The van der Waals surface area contributed by atoms with Crippen LogP contribution in [0.4, 0.5) is 11.4 Å². The van der Waals surface area contributed by atoms with Crippen LogP contribution >= 0.6 is 11.6 Å². The molecule has 3 aromatic rings. The smallest absolute Gasteiger partial charge is 0.255 e. The van der Waals surface area contributed by atoms with Crippen molar-refractivity contribution in [2.45, 2.75) is 6.04 Å². The Kier molecular flexibility index (Phi) is 8.16. The van der Waals surface area contributed by atoms with Gasteiger partial charge in [0.25, 0.3) is 5.91 Å². The summed E-state index contributed by atoms with van der Waals surface area (Å²) < 4.78 is 5.38. The maximum atomic E-state index is 13.1. The van der Waals surface area contributed by atoms with Crippen molar-refractivity contribution < 1.29 is 9.53 Å². The molecule has 0 spiro atoms. The molecule has 1 N–H and O–H groups in total. The molecular formula is C28H33ClN4O2. The van der Waals surface area contributed by atoms with Gasteiger partial charge in [0.05, 0.1) is 18.7 Å². The zero-order valence-electron chi connectivity index (χ0n) is 20.6. The maximum absolute atomic E-state index is 13.1. The summed E-state index contributed by atoms with van der Waals surface area (Å²) in [6.07, 6.45) is 0. The van der Waals surface area contributed by atoms with Crippen LogP contribution in [0.2, 0.25) is 5.02 Å². The van der Waals surface area contributed by atoms with E-state index in [0.29, 0.717) is 22.9 Å². The summed E-state index contributed by atoms with van der Waals surface area (Å²) in [4.78, 5) is 20.1. The summed E-state index contributed by atoms with van der Waals surface area (Å²) >= 11 is 6.15. The van der Waals surface area contributed by atoms with Crippen molar-refractivity contribution in [3.8, 4) is 5.75 Å². The number of nitrogens with zero attached hydrogens (tertiary/aromatic N) is 3. The minimum atomic E-state index is -0.192. The van der Waals surface area contributed by atoms with Crippen molar-refractivity contribution in [1.29, 1.82) is 0 Å². The Morgan fingerprint density at radius 2 is 1.69 bits per heavy atom. The molecule has 1 aliphatic rings. The summed E-state index contributed by atoms with van der Waals surface area (Å²) in [5.41, 5.74) is 4.02. The number of carbonyl (C=O) groups is 1. The molecule has 1 atom stereocenters. The number of carbonyl (C=O) groups excluding carboxylic acids is 1. The van der Waals surface area contributed by atoms with Crippen LogP contribution in [0, 0.1) is 0 Å². The third kappa shape index (κ3) is 6.08. The maximum Gasteiger partial charge on any atom is 0.255 e. The van der Waals surface area contributed by atoms with Crippen LogP contribution in [0.15, 0.2) is 72.8 Å². The SMILES string of the molecule is COc1ccc(Cl)cc1C(=O)NC[C@@H](c1ccc(N(C)C)cc1)N1CCN(c2ccccc2)CC1. The Hall–Kier alpha value is -3.22. The molecule has 4 rings (SSSR count). The monoisotopic (exact) mass is 492 g/mol. The normalized spacial score (nSPS) is 14.9. The molecule has 1 fully saturated rings. The van der Waals surface area contributed by atoms with Crippen molar-refractivity contribution in [1.82, 2.24) is 10.2 Å². The van der Waals surface area contributed by atoms with Crippen LogP contribution in [-0.2, 0) is 0 Å². The fourth-order valence-electron chi connectivity index (χ4n) is 4.53. The molecule has 0 bridgehead atoms. The molecule has 1 saturated heterocycles. The quantitative estimate of drug-likeness (QED) is 0.493. The van der Waals surface area contributed by atoms with Gasteiger partial charge >= 0.3 is 0 Å². The molecule has 6 nitrogen and oxygen atoms in total. The molecule has 1 amide bonds. The molecule has 1 aliphatic heterocycles. The summed E-state index contributed by atoms with van der Waals surface area (Å²) in [7, 11) is 5.63. The largest absolute Gasteiger partial charge is 0.496 e. The van der Waals surface area contributed by atoms with Gasteiger partial charge in [-0.15, -0.1) is 0 Å². The topological polar surface area (TPSA) is 48.1 Å². The number of methoxy groups -OCH3 is 1. The van der Waals surface area contributed by atoms with E-state index in [1.54, 1.807) is 25.3 Å². The molecule has 1 heterocycles. The number of hydrogen-bond donors (Lipinski definition) is 1. The zero-order chi connectivity index (χ0) is 24.8. The van der Waals surface area contributed by atoms with Crippen LogP contribution < -0.4 is 19.9 Å². The Labute approximate surface area is 213 Å². The first-order valence-corrected chi connectivity index (χ1v) is 12.3. The molecule has 0 aliphatic carbocycles. The molecule has 0 radical (unpaired) electrons. The molecule has 7 heteroatoms. The van der Waals surface area contributed by atoms with E-state index in [2.05, 4.69) is 68.5 Å². The van der Waals surface area contributed by atoms with Crippen LogP contribution in [0.5, 0.6) is 5.75 Å². The number of ether oxygens (including phenoxy) is 1. The van der Waals surface area contributed by atoms with Gasteiger partial charge in [0.2, 0.25) is 0 Å². The van der Waals surface area contributed by atoms with Crippen molar-refractivity contribution in [3.63, 3.8) is 0 Å². The summed E-state index contributed by atoms with van der Waals surface area (Å²) in [6, 6.07) is 24.2. The van der Waals surface area contributed by atoms with E-state index in [1.807, 2.05) is 20.2 Å². The number of piperazine rings is 1. The highest BCUT2D eigenvalue weighted by atomic mass is 35.5. The number of amides is 1. The number of rotatable bonds is 8. The lowest BCUT2D eigenvalue weighted by atomic mass is 10.0. The predicted octanol–water partition coefficient (Wildman–Crippen LogP) is 4.71. The average Bonchev–Trinajstić information content (AvgIpc) is 2.90. The lowest BCUT2D eigenvalue weighted by Gasteiger charge is -2.40. The van der Waals surface area contributed by atoms with Gasteiger partial charge in [-0.05, 0) is 48.0 Å². The van der Waals surface area contributed by atoms with Gasteiger partial charge in [0, 0.05) is 63.2 Å². The minimum Gasteiger partial charge on any atom is -0.496 e. The summed E-state index contributed by atoms with van der Waals surface area (Å²) in [5, 5.41) is 3.64. The predicted molar refractivity (Wildman–Crippen MR) is 144 cm³/mol. The summed E-state index contributed by atoms with van der Waals surface area (Å²) in [6.45, 7) is 4.18. The van der Waals surface area contributed by atoms with E-state index in [4.69, 9.17) is 16.3 Å². The van der Waals surface area contributed by atoms with Crippen LogP contribution in [0.3, 0.4) is 0 Å². The molecule has 35 heavy (non-hydrogen) atoms. The van der Waals surface area contributed by atoms with E-state index < -0.39 is 0 Å². The third-order valence-electron chi connectivity index (χ3n) is 6.53. The first kappa shape index (κ1) is 24.9. The number of benzene rings is 3. The van der Waals surface area contributed by atoms with Crippen molar-refractivity contribution in [3.05, 3.63) is 88.9 Å². The molecule has 0 saturated carbocycles. The van der Waals surface area contributed by atoms with Gasteiger partial charge in [-0.25, -0.2) is 0 Å². The van der Waals surface area contributed by atoms with E-state index in [0.717, 1.165) is 31.9 Å². The third-order valence-corrected chi connectivity index (χ3v) is 6.77. The second kappa shape index (κ2) is 11.5. The van der Waals surface area contributed by atoms with Gasteiger partial charge in [0.15, 0.2) is 0 Å². The van der Waals surface area contributed by atoms with Crippen LogP contribution in [0.1, 0.15) is 22.0 Å². The highest BCUT2D eigenvalue weighted by molar-refractivity contribution is 6.31. The summed E-state index contributed by atoms with van der Waals surface area (Å²) in [5.74, 6) is 0.317. The molecule has 0 aromatic heterocycles. The van der Waals surface area contributed by atoms with Gasteiger partial charge in [-0.1, -0.05) is 41.9 Å². The average molecular weight is 493 g/mol. The second-order valence-corrected chi connectivity index (χ2v) is 9.35. The Balaban J connectivity index is 1.51.